The van der Waals surface area contributed by atoms with Crippen molar-refractivity contribution < 1.29 is 0 Å². The van der Waals surface area contributed by atoms with Gasteiger partial charge in [-0.2, -0.15) is 5.10 Å². The van der Waals surface area contributed by atoms with E-state index < -0.39 is 0 Å². The van der Waals surface area contributed by atoms with Gasteiger partial charge in [0.2, 0.25) is 0 Å². The smallest absolute Gasteiger partial charge is 0.147 e. The molecule has 66 valence electrons. The van der Waals surface area contributed by atoms with E-state index in [1.807, 2.05) is 11.6 Å². The second-order valence-electron chi connectivity index (χ2n) is 3.19. The first-order valence-corrected chi connectivity index (χ1v) is 4.11. The first-order valence-electron chi connectivity index (χ1n) is 4.11. The van der Waals surface area contributed by atoms with E-state index in [0.29, 0.717) is 6.04 Å². The maximum Gasteiger partial charge on any atom is 0.147 e. The van der Waals surface area contributed by atoms with Crippen LogP contribution in [0.3, 0.4) is 0 Å². The predicted octanol–water partition coefficient (Wildman–Crippen LogP) is -1.11. The Kier molecular flexibility index (Phi) is 1.82. The van der Waals surface area contributed by atoms with Gasteiger partial charge >= 0.3 is 0 Å². The van der Waals surface area contributed by atoms with E-state index >= 15 is 0 Å². The third-order valence-corrected chi connectivity index (χ3v) is 2.17. The van der Waals surface area contributed by atoms with Crippen LogP contribution >= 0.6 is 0 Å². The standard InChI is InChI=1S/C7H13N5/c1-5-10-4-12(11-5)3-7-6(8)2-9-7/h4,6-7,9H,2-3,8H2,1H3. The topological polar surface area (TPSA) is 68.8 Å². The van der Waals surface area contributed by atoms with E-state index in [9.17, 15) is 0 Å². The fraction of sp³-hybridized carbons (Fsp3) is 0.714. The van der Waals surface area contributed by atoms with E-state index in [-0.39, 0.29) is 6.04 Å². The van der Waals surface area contributed by atoms with Gasteiger partial charge in [-0.3, -0.25) is 4.68 Å². The van der Waals surface area contributed by atoms with Crippen molar-refractivity contribution in [1.29, 1.82) is 0 Å². The lowest BCUT2D eigenvalue weighted by atomic mass is 10.0. The number of nitrogens with two attached hydrogens (primary N) is 1. The van der Waals surface area contributed by atoms with Gasteiger partial charge in [0.1, 0.15) is 12.2 Å². The van der Waals surface area contributed by atoms with Crippen LogP contribution in [-0.4, -0.2) is 33.4 Å². The van der Waals surface area contributed by atoms with E-state index in [2.05, 4.69) is 15.4 Å². The first-order chi connectivity index (χ1) is 5.75. The average Bonchev–Trinajstić information content (AvgIpc) is 2.44. The minimum absolute atomic E-state index is 0.273. The fourth-order valence-electron chi connectivity index (χ4n) is 1.30. The minimum atomic E-state index is 0.273. The van der Waals surface area contributed by atoms with E-state index in [1.165, 1.54) is 0 Å². The molecule has 0 aromatic carbocycles. The second-order valence-corrected chi connectivity index (χ2v) is 3.19. The van der Waals surface area contributed by atoms with Crippen LogP contribution in [0, 0.1) is 6.92 Å². The number of nitrogens with one attached hydrogen (secondary N) is 1. The SMILES string of the molecule is Cc1ncn(CC2NCC2N)n1. The van der Waals surface area contributed by atoms with Crippen LogP contribution in [0.2, 0.25) is 0 Å². The van der Waals surface area contributed by atoms with Gasteiger partial charge in [0.05, 0.1) is 6.54 Å². The molecule has 0 radical (unpaired) electrons. The Morgan fingerprint density at radius 1 is 1.83 bits per heavy atom. The van der Waals surface area contributed by atoms with Crippen LogP contribution in [0.15, 0.2) is 6.33 Å². The molecule has 2 atom stereocenters. The Morgan fingerprint density at radius 3 is 3.08 bits per heavy atom. The predicted molar refractivity (Wildman–Crippen MR) is 44.5 cm³/mol. The lowest BCUT2D eigenvalue weighted by Gasteiger charge is -2.34. The van der Waals surface area contributed by atoms with Crippen molar-refractivity contribution >= 4 is 0 Å². The zero-order valence-electron chi connectivity index (χ0n) is 7.07. The Labute approximate surface area is 71.0 Å². The third-order valence-electron chi connectivity index (χ3n) is 2.17. The molecule has 5 nitrogen and oxygen atoms in total. The number of hydrogen-bond acceptors (Lipinski definition) is 4. The Morgan fingerprint density at radius 2 is 2.67 bits per heavy atom. The zero-order valence-corrected chi connectivity index (χ0v) is 7.07. The van der Waals surface area contributed by atoms with Crippen LogP contribution < -0.4 is 11.1 Å². The van der Waals surface area contributed by atoms with Gasteiger partial charge in [0.15, 0.2) is 0 Å². The molecule has 1 aromatic heterocycles. The molecule has 2 unspecified atom stereocenters. The normalized spacial score (nSPS) is 28.5. The highest BCUT2D eigenvalue weighted by atomic mass is 15.3. The highest BCUT2D eigenvalue weighted by Gasteiger charge is 2.26. The van der Waals surface area contributed by atoms with Crippen LogP contribution in [-0.2, 0) is 6.54 Å². The van der Waals surface area contributed by atoms with Gasteiger partial charge in [0.25, 0.3) is 0 Å². The molecular weight excluding hydrogens is 154 g/mol. The van der Waals surface area contributed by atoms with Crippen LogP contribution in [0.5, 0.6) is 0 Å². The van der Waals surface area contributed by atoms with Gasteiger partial charge in [0, 0.05) is 18.6 Å². The summed E-state index contributed by atoms with van der Waals surface area (Å²) in [5, 5.41) is 7.42. The summed E-state index contributed by atoms with van der Waals surface area (Å²) in [5.74, 6) is 0.808. The van der Waals surface area contributed by atoms with Crippen LogP contribution in [0.1, 0.15) is 5.82 Å². The molecule has 1 aliphatic heterocycles. The quantitative estimate of drug-likeness (QED) is 0.586. The number of aryl methyl sites for hydroxylation is 1. The van der Waals surface area contributed by atoms with Crippen LogP contribution in [0.25, 0.3) is 0 Å². The summed E-state index contributed by atoms with van der Waals surface area (Å²) in [6.45, 7) is 3.62. The Bertz CT molecular complexity index is 269. The molecule has 2 heterocycles. The summed E-state index contributed by atoms with van der Waals surface area (Å²) in [4.78, 5) is 4.04. The lowest BCUT2D eigenvalue weighted by Crippen LogP contribution is -2.63. The molecule has 1 saturated heterocycles. The summed E-state index contributed by atoms with van der Waals surface area (Å²) in [6.07, 6.45) is 1.74. The van der Waals surface area contributed by atoms with E-state index in [1.54, 1.807) is 6.33 Å². The molecule has 12 heavy (non-hydrogen) atoms. The molecule has 5 heteroatoms. The Hall–Kier alpha value is -0.940. The molecule has 3 N–H and O–H groups in total. The van der Waals surface area contributed by atoms with Gasteiger partial charge < -0.3 is 11.1 Å². The number of rotatable bonds is 2. The third kappa shape index (κ3) is 1.33. The van der Waals surface area contributed by atoms with Crippen molar-refractivity contribution in [3.63, 3.8) is 0 Å². The van der Waals surface area contributed by atoms with Crippen molar-refractivity contribution in [2.45, 2.75) is 25.6 Å². The molecule has 1 aliphatic rings. The van der Waals surface area contributed by atoms with Crippen molar-refractivity contribution in [1.82, 2.24) is 20.1 Å². The summed E-state index contributed by atoms with van der Waals surface area (Å²) in [5.41, 5.74) is 5.75. The molecule has 0 spiro atoms. The molecule has 1 aromatic rings. The summed E-state index contributed by atoms with van der Waals surface area (Å²) in [7, 11) is 0. The highest BCUT2D eigenvalue weighted by molar-refractivity contribution is 4.91. The van der Waals surface area contributed by atoms with Gasteiger partial charge in [-0.25, -0.2) is 4.98 Å². The second kappa shape index (κ2) is 2.84. The van der Waals surface area contributed by atoms with Gasteiger partial charge in [-0.1, -0.05) is 0 Å². The largest absolute Gasteiger partial charge is 0.325 e. The number of nitrogens with zero attached hydrogens (tertiary/aromatic N) is 3. The summed E-state index contributed by atoms with van der Waals surface area (Å²) < 4.78 is 1.83. The maximum atomic E-state index is 5.75. The molecule has 2 rings (SSSR count). The molecule has 0 amide bonds. The van der Waals surface area contributed by atoms with Crippen molar-refractivity contribution in [2.24, 2.45) is 5.73 Å². The molecule has 0 saturated carbocycles. The fourth-order valence-corrected chi connectivity index (χ4v) is 1.30. The van der Waals surface area contributed by atoms with E-state index in [4.69, 9.17) is 5.73 Å². The van der Waals surface area contributed by atoms with Crippen molar-refractivity contribution in [2.75, 3.05) is 6.54 Å². The number of aromatic nitrogens is 3. The van der Waals surface area contributed by atoms with E-state index in [0.717, 1.165) is 18.9 Å². The molecule has 1 fully saturated rings. The molecule has 0 bridgehead atoms. The molecule has 0 aliphatic carbocycles. The highest BCUT2D eigenvalue weighted by Crippen LogP contribution is 2.03. The lowest BCUT2D eigenvalue weighted by molar-refractivity contribution is 0.271. The number of hydrogen-bond donors (Lipinski definition) is 2. The first kappa shape index (κ1) is 7.70. The average molecular weight is 167 g/mol. The monoisotopic (exact) mass is 167 g/mol. The maximum absolute atomic E-state index is 5.75. The minimum Gasteiger partial charge on any atom is -0.325 e. The van der Waals surface area contributed by atoms with Gasteiger partial charge in [-0.15, -0.1) is 0 Å². The summed E-state index contributed by atoms with van der Waals surface area (Å²) >= 11 is 0. The van der Waals surface area contributed by atoms with Crippen molar-refractivity contribution in [3.05, 3.63) is 12.2 Å². The Balaban J connectivity index is 1.95. The van der Waals surface area contributed by atoms with Gasteiger partial charge in [-0.05, 0) is 6.92 Å². The summed E-state index contributed by atoms with van der Waals surface area (Å²) in [6, 6.07) is 0.639. The zero-order chi connectivity index (χ0) is 8.55. The molecular formula is C7H13N5. The van der Waals surface area contributed by atoms with Crippen LogP contribution in [0.4, 0.5) is 0 Å². The van der Waals surface area contributed by atoms with Crippen molar-refractivity contribution in [3.8, 4) is 0 Å².